The van der Waals surface area contributed by atoms with Crippen molar-refractivity contribution in [2.75, 3.05) is 6.54 Å². The first kappa shape index (κ1) is 15.0. The molecule has 1 aromatic carbocycles. The van der Waals surface area contributed by atoms with Gasteiger partial charge in [-0.25, -0.2) is 17.6 Å². The molecule has 1 amide bonds. The van der Waals surface area contributed by atoms with Crippen LogP contribution in [0.3, 0.4) is 0 Å². The molecule has 2 rings (SSSR count). The highest BCUT2D eigenvalue weighted by Gasteiger charge is 2.23. The topological polar surface area (TPSA) is 62.5 Å². The number of halogens is 4. The van der Waals surface area contributed by atoms with E-state index in [1.807, 2.05) is 0 Å². The number of rotatable bonds is 4. The van der Waals surface area contributed by atoms with Gasteiger partial charge in [0.2, 0.25) is 0 Å². The molecule has 1 aromatic heterocycles. The number of hydrogen-bond donors (Lipinski definition) is 2. The molecule has 4 nitrogen and oxygen atoms in total. The van der Waals surface area contributed by atoms with E-state index < -0.39 is 40.8 Å². The van der Waals surface area contributed by atoms with Crippen LogP contribution in [0.2, 0.25) is 0 Å². The summed E-state index contributed by atoms with van der Waals surface area (Å²) >= 11 is 0. The SMILES string of the molecule is O=C(NCC(O)c1ccco1)c1cc(F)c(F)c(F)c1F. The first-order valence-electron chi connectivity index (χ1n) is 5.74. The zero-order chi connectivity index (χ0) is 15.6. The molecule has 0 bridgehead atoms. The highest BCUT2D eigenvalue weighted by Crippen LogP contribution is 2.19. The van der Waals surface area contributed by atoms with Crippen molar-refractivity contribution < 1.29 is 31.9 Å². The van der Waals surface area contributed by atoms with Gasteiger partial charge in [-0.05, 0) is 18.2 Å². The maximum absolute atomic E-state index is 13.4. The van der Waals surface area contributed by atoms with E-state index in [9.17, 15) is 27.5 Å². The Morgan fingerprint density at radius 1 is 1.24 bits per heavy atom. The second-order valence-electron chi connectivity index (χ2n) is 4.09. The average Bonchev–Trinajstić information content (AvgIpc) is 3.00. The summed E-state index contributed by atoms with van der Waals surface area (Å²) in [6.45, 7) is -0.383. The molecule has 0 aliphatic rings. The molecule has 1 unspecified atom stereocenters. The summed E-state index contributed by atoms with van der Waals surface area (Å²) in [4.78, 5) is 11.6. The van der Waals surface area contributed by atoms with Crippen LogP contribution < -0.4 is 5.32 Å². The number of nitrogens with one attached hydrogen (secondary N) is 1. The molecule has 0 radical (unpaired) electrons. The molecule has 1 heterocycles. The Labute approximate surface area is 116 Å². The van der Waals surface area contributed by atoms with Gasteiger partial charge in [-0.15, -0.1) is 0 Å². The first-order chi connectivity index (χ1) is 9.91. The Kier molecular flexibility index (Phi) is 4.27. The number of amides is 1. The van der Waals surface area contributed by atoms with E-state index in [0.717, 1.165) is 0 Å². The predicted octanol–water partition coefficient (Wildman–Crippen LogP) is 2.30. The van der Waals surface area contributed by atoms with Crippen molar-refractivity contribution >= 4 is 5.91 Å². The van der Waals surface area contributed by atoms with E-state index in [1.54, 1.807) is 0 Å². The van der Waals surface area contributed by atoms with E-state index in [-0.39, 0.29) is 18.4 Å². The minimum atomic E-state index is -2.08. The fourth-order valence-corrected chi connectivity index (χ4v) is 1.60. The number of hydrogen-bond acceptors (Lipinski definition) is 3. The quantitative estimate of drug-likeness (QED) is 0.517. The standard InChI is InChI=1S/C13H9F4NO3/c14-7-4-6(10(15)12(17)11(7)16)13(20)18-5-8(19)9-2-1-3-21-9/h1-4,8,19H,5H2,(H,18,20). The largest absolute Gasteiger partial charge is 0.467 e. The van der Waals surface area contributed by atoms with Crippen LogP contribution in [0, 0.1) is 23.3 Å². The fourth-order valence-electron chi connectivity index (χ4n) is 1.60. The van der Waals surface area contributed by atoms with Crippen molar-refractivity contribution in [2.45, 2.75) is 6.10 Å². The van der Waals surface area contributed by atoms with E-state index in [2.05, 4.69) is 5.32 Å². The number of carbonyl (C=O) groups excluding carboxylic acids is 1. The molecule has 0 saturated heterocycles. The van der Waals surface area contributed by atoms with E-state index in [0.29, 0.717) is 0 Å². The number of furan rings is 1. The normalized spacial score (nSPS) is 12.2. The predicted molar refractivity (Wildman–Crippen MR) is 62.3 cm³/mol. The van der Waals surface area contributed by atoms with Gasteiger partial charge in [-0.3, -0.25) is 4.79 Å². The summed E-state index contributed by atoms with van der Waals surface area (Å²) in [5, 5.41) is 11.7. The third-order valence-corrected chi connectivity index (χ3v) is 2.67. The summed E-state index contributed by atoms with van der Waals surface area (Å²) in [6, 6.07) is 3.18. The summed E-state index contributed by atoms with van der Waals surface area (Å²) in [6.07, 6.45) is 0.0762. The smallest absolute Gasteiger partial charge is 0.254 e. The van der Waals surface area contributed by atoms with Crippen LogP contribution in [0.5, 0.6) is 0 Å². The van der Waals surface area contributed by atoms with Crippen molar-refractivity contribution in [3.63, 3.8) is 0 Å². The lowest BCUT2D eigenvalue weighted by Crippen LogP contribution is -2.29. The van der Waals surface area contributed by atoms with Crippen LogP contribution in [0.15, 0.2) is 28.9 Å². The maximum atomic E-state index is 13.4. The highest BCUT2D eigenvalue weighted by molar-refractivity contribution is 5.94. The second kappa shape index (κ2) is 5.96. The number of aliphatic hydroxyl groups excluding tert-OH is 1. The maximum Gasteiger partial charge on any atom is 0.254 e. The summed E-state index contributed by atoms with van der Waals surface area (Å²) in [7, 11) is 0. The zero-order valence-corrected chi connectivity index (χ0v) is 10.4. The lowest BCUT2D eigenvalue weighted by Gasteiger charge is -2.10. The monoisotopic (exact) mass is 303 g/mol. The minimum absolute atomic E-state index is 0.146. The molecule has 1 atom stereocenters. The number of carbonyl (C=O) groups is 1. The van der Waals surface area contributed by atoms with Crippen LogP contribution in [-0.4, -0.2) is 17.6 Å². The lowest BCUT2D eigenvalue weighted by atomic mass is 10.1. The summed E-state index contributed by atoms with van der Waals surface area (Å²) < 4.78 is 57.0. The molecule has 0 fully saturated rings. The van der Waals surface area contributed by atoms with Crippen LogP contribution in [0.1, 0.15) is 22.2 Å². The number of benzene rings is 1. The Bertz CT molecular complexity index is 658. The van der Waals surface area contributed by atoms with Gasteiger partial charge in [-0.1, -0.05) is 0 Å². The molecule has 112 valence electrons. The Morgan fingerprint density at radius 2 is 1.95 bits per heavy atom. The minimum Gasteiger partial charge on any atom is -0.467 e. The molecule has 2 N–H and O–H groups in total. The molecule has 0 saturated carbocycles. The van der Waals surface area contributed by atoms with Crippen LogP contribution >= 0.6 is 0 Å². The van der Waals surface area contributed by atoms with Crippen molar-refractivity contribution in [3.8, 4) is 0 Å². The van der Waals surface area contributed by atoms with Crippen molar-refractivity contribution in [2.24, 2.45) is 0 Å². The molecule has 0 spiro atoms. The van der Waals surface area contributed by atoms with Gasteiger partial charge in [0.1, 0.15) is 11.9 Å². The Morgan fingerprint density at radius 3 is 2.57 bits per heavy atom. The Hall–Kier alpha value is -2.35. The summed E-state index contributed by atoms with van der Waals surface area (Å²) in [5.41, 5.74) is -1.00. The molecule has 2 aromatic rings. The van der Waals surface area contributed by atoms with Gasteiger partial charge >= 0.3 is 0 Å². The van der Waals surface area contributed by atoms with Crippen LogP contribution in [0.4, 0.5) is 17.6 Å². The molecule has 0 aliphatic heterocycles. The molecular weight excluding hydrogens is 294 g/mol. The number of aliphatic hydroxyl groups is 1. The van der Waals surface area contributed by atoms with Crippen molar-refractivity contribution in [3.05, 3.63) is 59.1 Å². The third kappa shape index (κ3) is 3.05. The van der Waals surface area contributed by atoms with Crippen LogP contribution in [0.25, 0.3) is 0 Å². The van der Waals surface area contributed by atoms with Crippen molar-refractivity contribution in [1.29, 1.82) is 0 Å². The van der Waals surface area contributed by atoms with Crippen LogP contribution in [-0.2, 0) is 0 Å². The van der Waals surface area contributed by atoms with E-state index in [1.165, 1.54) is 18.4 Å². The second-order valence-corrected chi connectivity index (χ2v) is 4.09. The van der Waals surface area contributed by atoms with Gasteiger partial charge in [0.05, 0.1) is 18.4 Å². The van der Waals surface area contributed by atoms with E-state index >= 15 is 0 Å². The summed E-state index contributed by atoms with van der Waals surface area (Å²) in [5.74, 6) is -8.63. The molecule has 21 heavy (non-hydrogen) atoms. The van der Waals surface area contributed by atoms with Gasteiger partial charge in [-0.2, -0.15) is 0 Å². The molecular formula is C13H9F4NO3. The Balaban J connectivity index is 2.11. The molecule has 0 aliphatic carbocycles. The molecule has 8 heteroatoms. The average molecular weight is 303 g/mol. The van der Waals surface area contributed by atoms with Gasteiger partial charge in [0.25, 0.3) is 5.91 Å². The van der Waals surface area contributed by atoms with Crippen molar-refractivity contribution in [1.82, 2.24) is 5.32 Å². The fraction of sp³-hybridized carbons (Fsp3) is 0.154. The van der Waals surface area contributed by atoms with Gasteiger partial charge in [0, 0.05) is 0 Å². The highest BCUT2D eigenvalue weighted by atomic mass is 19.2. The lowest BCUT2D eigenvalue weighted by molar-refractivity contribution is 0.0895. The van der Waals surface area contributed by atoms with E-state index in [4.69, 9.17) is 4.42 Å². The van der Waals surface area contributed by atoms with Gasteiger partial charge in [0.15, 0.2) is 23.3 Å². The van der Waals surface area contributed by atoms with Gasteiger partial charge < -0.3 is 14.8 Å². The first-order valence-corrected chi connectivity index (χ1v) is 5.74. The third-order valence-electron chi connectivity index (χ3n) is 2.67. The zero-order valence-electron chi connectivity index (χ0n) is 10.4.